The van der Waals surface area contributed by atoms with Crippen LogP contribution in [0.4, 0.5) is 0 Å². The predicted molar refractivity (Wildman–Crippen MR) is 104 cm³/mol. The molecule has 1 aromatic heterocycles. The zero-order valence-electron chi connectivity index (χ0n) is 15.0. The van der Waals surface area contributed by atoms with Gasteiger partial charge in [-0.05, 0) is 31.2 Å². The second-order valence-electron chi connectivity index (χ2n) is 6.25. The van der Waals surface area contributed by atoms with Crippen LogP contribution in [0.5, 0.6) is 0 Å². The van der Waals surface area contributed by atoms with Gasteiger partial charge in [0.2, 0.25) is 0 Å². The van der Waals surface area contributed by atoms with Gasteiger partial charge in [0.05, 0.1) is 23.9 Å². The molecule has 1 aliphatic rings. The Kier molecular flexibility index (Phi) is 6.61. The third-order valence-electron chi connectivity index (χ3n) is 4.62. The molecule has 5 nitrogen and oxygen atoms in total. The second-order valence-corrected chi connectivity index (χ2v) is 6.66. The van der Waals surface area contributed by atoms with Gasteiger partial charge >= 0.3 is 0 Å². The lowest BCUT2D eigenvalue weighted by Gasteiger charge is -2.29. The molecular weight excluding hydrogens is 350 g/mol. The maximum absolute atomic E-state index is 12.8. The van der Waals surface area contributed by atoms with Crippen LogP contribution in [0.2, 0.25) is 5.02 Å². The monoisotopic (exact) mass is 373 g/mol. The molecule has 26 heavy (non-hydrogen) atoms. The third kappa shape index (κ3) is 4.61. The van der Waals surface area contributed by atoms with E-state index in [1.807, 2.05) is 42.2 Å². The molecule has 3 rings (SSSR count). The summed E-state index contributed by atoms with van der Waals surface area (Å²) in [6.45, 7) is 7.73. The van der Waals surface area contributed by atoms with Gasteiger partial charge in [0.25, 0.3) is 5.91 Å². The Morgan fingerprint density at radius 1 is 1.23 bits per heavy atom. The summed E-state index contributed by atoms with van der Waals surface area (Å²) in [4.78, 5) is 21.3. The molecular formula is C20H24ClN3O2. The number of ether oxygens (including phenoxy) is 1. The first-order valence-corrected chi connectivity index (χ1v) is 9.37. The minimum absolute atomic E-state index is 0.0550. The van der Waals surface area contributed by atoms with Crippen molar-refractivity contribution in [3.8, 4) is 11.3 Å². The lowest BCUT2D eigenvalue weighted by molar-refractivity contribution is 0.0328. The van der Waals surface area contributed by atoms with Gasteiger partial charge in [-0.25, -0.2) is 0 Å². The van der Waals surface area contributed by atoms with Crippen molar-refractivity contribution in [3.05, 3.63) is 53.2 Å². The molecule has 0 aliphatic carbocycles. The van der Waals surface area contributed by atoms with E-state index in [0.717, 1.165) is 50.7 Å². The van der Waals surface area contributed by atoms with Crippen LogP contribution in [0.3, 0.4) is 0 Å². The molecule has 1 fully saturated rings. The fraction of sp³-hybridized carbons (Fsp3) is 0.400. The number of amides is 1. The number of carbonyl (C=O) groups is 1. The van der Waals surface area contributed by atoms with Crippen molar-refractivity contribution in [2.75, 3.05) is 45.9 Å². The highest BCUT2D eigenvalue weighted by Crippen LogP contribution is 2.25. The van der Waals surface area contributed by atoms with E-state index in [1.165, 1.54) is 0 Å². The summed E-state index contributed by atoms with van der Waals surface area (Å²) >= 11 is 6.20. The zero-order chi connectivity index (χ0) is 18.4. The minimum atomic E-state index is 0.0550. The first-order chi connectivity index (χ1) is 12.7. The number of likely N-dealkylation sites (N-methyl/N-ethyl adjacent to an activating group) is 1. The molecule has 0 saturated carbocycles. The van der Waals surface area contributed by atoms with Gasteiger partial charge in [0.15, 0.2) is 0 Å². The lowest BCUT2D eigenvalue weighted by Crippen LogP contribution is -2.43. The summed E-state index contributed by atoms with van der Waals surface area (Å²) in [5.41, 5.74) is 2.32. The number of hydrogen-bond acceptors (Lipinski definition) is 4. The van der Waals surface area contributed by atoms with Crippen molar-refractivity contribution >= 4 is 17.5 Å². The van der Waals surface area contributed by atoms with Crippen molar-refractivity contribution in [2.24, 2.45) is 0 Å². The van der Waals surface area contributed by atoms with E-state index in [1.54, 1.807) is 12.3 Å². The number of halogens is 1. The maximum atomic E-state index is 12.8. The molecule has 2 aromatic rings. The Bertz CT molecular complexity index is 730. The van der Waals surface area contributed by atoms with E-state index < -0.39 is 0 Å². The lowest BCUT2D eigenvalue weighted by atomic mass is 10.1. The molecule has 0 N–H and O–H groups in total. The van der Waals surface area contributed by atoms with Gasteiger partial charge in [-0.2, -0.15) is 0 Å². The fourth-order valence-corrected chi connectivity index (χ4v) is 3.27. The van der Waals surface area contributed by atoms with Gasteiger partial charge in [-0.1, -0.05) is 23.7 Å². The van der Waals surface area contributed by atoms with Crippen LogP contribution in [0.1, 0.15) is 17.3 Å². The molecule has 0 spiro atoms. The first-order valence-electron chi connectivity index (χ1n) is 8.99. The number of carbonyl (C=O) groups excluding carboxylic acids is 1. The molecule has 1 amide bonds. The van der Waals surface area contributed by atoms with E-state index in [9.17, 15) is 4.79 Å². The van der Waals surface area contributed by atoms with E-state index in [-0.39, 0.29) is 5.91 Å². The van der Waals surface area contributed by atoms with Crippen LogP contribution < -0.4 is 0 Å². The Hall–Kier alpha value is -1.95. The quantitative estimate of drug-likeness (QED) is 0.780. The Labute approximate surface area is 159 Å². The second kappa shape index (κ2) is 9.12. The average Bonchev–Trinajstić information content (AvgIpc) is 2.69. The molecule has 0 bridgehead atoms. The van der Waals surface area contributed by atoms with Crippen molar-refractivity contribution < 1.29 is 9.53 Å². The van der Waals surface area contributed by atoms with Gasteiger partial charge in [0.1, 0.15) is 0 Å². The topological polar surface area (TPSA) is 45.7 Å². The van der Waals surface area contributed by atoms with Crippen LogP contribution in [0, 0.1) is 0 Å². The Morgan fingerprint density at radius 2 is 1.96 bits per heavy atom. The number of morpholine rings is 1. The predicted octanol–water partition coefficient (Wildman–Crippen LogP) is 3.20. The van der Waals surface area contributed by atoms with Crippen LogP contribution >= 0.6 is 11.6 Å². The van der Waals surface area contributed by atoms with Crippen molar-refractivity contribution in [1.82, 2.24) is 14.8 Å². The van der Waals surface area contributed by atoms with Crippen molar-refractivity contribution in [2.45, 2.75) is 6.92 Å². The normalized spacial score (nSPS) is 15.0. The number of rotatable bonds is 6. The molecule has 0 unspecified atom stereocenters. The minimum Gasteiger partial charge on any atom is -0.379 e. The SMILES string of the molecule is CCN(CCN1CCOCC1)C(=O)c1ccc(-c2ncccc2Cl)cc1. The number of nitrogens with zero attached hydrogens (tertiary/aromatic N) is 3. The van der Waals surface area contributed by atoms with E-state index in [2.05, 4.69) is 9.88 Å². The molecule has 0 radical (unpaired) electrons. The van der Waals surface area contributed by atoms with Gasteiger partial charge in [-0.15, -0.1) is 0 Å². The van der Waals surface area contributed by atoms with Crippen LogP contribution in [0.15, 0.2) is 42.6 Å². The van der Waals surface area contributed by atoms with Crippen LogP contribution in [-0.2, 0) is 4.74 Å². The van der Waals surface area contributed by atoms with Gasteiger partial charge < -0.3 is 9.64 Å². The summed E-state index contributed by atoms with van der Waals surface area (Å²) in [5, 5.41) is 0.604. The highest BCUT2D eigenvalue weighted by atomic mass is 35.5. The third-order valence-corrected chi connectivity index (χ3v) is 4.93. The molecule has 6 heteroatoms. The van der Waals surface area contributed by atoms with Gasteiger partial charge in [-0.3, -0.25) is 14.7 Å². The van der Waals surface area contributed by atoms with Gasteiger partial charge in [0, 0.05) is 50.0 Å². The Balaban J connectivity index is 1.65. The number of pyridine rings is 1. The first kappa shape index (κ1) is 18.8. The molecule has 1 aromatic carbocycles. The van der Waals surface area contributed by atoms with Crippen molar-refractivity contribution in [1.29, 1.82) is 0 Å². The molecule has 1 saturated heterocycles. The van der Waals surface area contributed by atoms with Crippen LogP contribution in [-0.4, -0.2) is 66.6 Å². The fourth-order valence-electron chi connectivity index (χ4n) is 3.04. The summed E-state index contributed by atoms with van der Waals surface area (Å²) < 4.78 is 5.37. The summed E-state index contributed by atoms with van der Waals surface area (Å²) in [5.74, 6) is 0.0550. The highest BCUT2D eigenvalue weighted by Gasteiger charge is 2.17. The zero-order valence-corrected chi connectivity index (χ0v) is 15.8. The van der Waals surface area contributed by atoms with Crippen molar-refractivity contribution in [3.63, 3.8) is 0 Å². The van der Waals surface area contributed by atoms with E-state index >= 15 is 0 Å². The number of aromatic nitrogens is 1. The average molecular weight is 374 g/mol. The maximum Gasteiger partial charge on any atom is 0.253 e. The van der Waals surface area contributed by atoms with E-state index in [4.69, 9.17) is 16.3 Å². The molecule has 1 aliphatic heterocycles. The van der Waals surface area contributed by atoms with Crippen LogP contribution in [0.25, 0.3) is 11.3 Å². The largest absolute Gasteiger partial charge is 0.379 e. The number of hydrogen-bond donors (Lipinski definition) is 0. The number of benzene rings is 1. The Morgan fingerprint density at radius 3 is 2.62 bits per heavy atom. The molecule has 2 heterocycles. The smallest absolute Gasteiger partial charge is 0.253 e. The molecule has 138 valence electrons. The van der Waals surface area contributed by atoms with E-state index in [0.29, 0.717) is 17.1 Å². The summed E-state index contributed by atoms with van der Waals surface area (Å²) in [6.07, 6.45) is 1.71. The standard InChI is InChI=1S/C20H24ClN3O2/c1-2-24(11-10-23-12-14-26-15-13-23)20(25)17-7-5-16(6-8-17)19-18(21)4-3-9-22-19/h3-9H,2,10-15H2,1H3. The summed E-state index contributed by atoms with van der Waals surface area (Å²) in [7, 11) is 0. The summed E-state index contributed by atoms with van der Waals surface area (Å²) in [6, 6.07) is 11.1. The highest BCUT2D eigenvalue weighted by molar-refractivity contribution is 6.33. The molecule has 0 atom stereocenters.